The van der Waals surface area contributed by atoms with Crippen LogP contribution in [0.4, 0.5) is 5.69 Å². The predicted molar refractivity (Wildman–Crippen MR) is 80.8 cm³/mol. The maximum atomic E-state index is 12.3. The van der Waals surface area contributed by atoms with E-state index < -0.39 is 10.0 Å². The van der Waals surface area contributed by atoms with Gasteiger partial charge >= 0.3 is 0 Å². The summed E-state index contributed by atoms with van der Waals surface area (Å²) in [5.74, 6) is 0. The van der Waals surface area contributed by atoms with Crippen LogP contribution >= 0.6 is 0 Å². The van der Waals surface area contributed by atoms with Crippen LogP contribution in [-0.4, -0.2) is 8.42 Å². The molecule has 0 aliphatic rings. The van der Waals surface area contributed by atoms with E-state index in [0.717, 1.165) is 11.1 Å². The van der Waals surface area contributed by atoms with Crippen molar-refractivity contribution < 1.29 is 8.42 Å². The van der Waals surface area contributed by atoms with Gasteiger partial charge in [-0.25, -0.2) is 13.1 Å². The van der Waals surface area contributed by atoms with Crippen molar-refractivity contribution in [1.82, 2.24) is 4.72 Å². The Morgan fingerprint density at radius 1 is 1.00 bits per heavy atom. The molecule has 2 rings (SSSR count). The minimum absolute atomic E-state index is 0.269. The molecule has 0 radical (unpaired) electrons. The Balaban J connectivity index is 2.19. The molecule has 0 fully saturated rings. The van der Waals surface area contributed by atoms with Gasteiger partial charge in [-0.2, -0.15) is 0 Å². The first-order valence-electron chi connectivity index (χ1n) is 6.33. The largest absolute Gasteiger partial charge is 0.399 e. The summed E-state index contributed by atoms with van der Waals surface area (Å²) in [6, 6.07) is 13.6. The Morgan fingerprint density at radius 3 is 2.10 bits per heavy atom. The van der Waals surface area contributed by atoms with Crippen molar-refractivity contribution in [3.05, 3.63) is 59.7 Å². The van der Waals surface area contributed by atoms with Crippen LogP contribution in [0, 0.1) is 6.92 Å². The zero-order chi connectivity index (χ0) is 14.8. The Labute approximate surface area is 119 Å². The minimum atomic E-state index is -3.52. The lowest BCUT2D eigenvalue weighted by Crippen LogP contribution is -2.26. The van der Waals surface area contributed by atoms with Crippen molar-refractivity contribution in [2.24, 2.45) is 0 Å². The van der Waals surface area contributed by atoms with Crippen LogP contribution in [0.2, 0.25) is 0 Å². The first-order chi connectivity index (χ1) is 9.38. The Morgan fingerprint density at radius 2 is 1.55 bits per heavy atom. The quantitative estimate of drug-likeness (QED) is 0.850. The third-order valence-electron chi connectivity index (χ3n) is 3.10. The molecular weight excluding hydrogens is 272 g/mol. The Hall–Kier alpha value is -1.85. The van der Waals surface area contributed by atoms with Crippen molar-refractivity contribution >= 4 is 15.7 Å². The van der Waals surface area contributed by atoms with Crippen LogP contribution in [0.25, 0.3) is 0 Å². The summed E-state index contributed by atoms with van der Waals surface area (Å²) in [6.45, 7) is 3.72. The molecule has 1 unspecified atom stereocenters. The van der Waals surface area contributed by atoms with Gasteiger partial charge in [0.2, 0.25) is 10.0 Å². The second kappa shape index (κ2) is 5.64. The van der Waals surface area contributed by atoms with Crippen molar-refractivity contribution in [2.75, 3.05) is 5.73 Å². The van der Waals surface area contributed by atoms with Gasteiger partial charge in [0.1, 0.15) is 0 Å². The Bertz CT molecular complexity index is 677. The van der Waals surface area contributed by atoms with E-state index in [9.17, 15) is 8.42 Å². The van der Waals surface area contributed by atoms with Crippen molar-refractivity contribution in [3.63, 3.8) is 0 Å². The lowest BCUT2D eigenvalue weighted by Gasteiger charge is -2.15. The van der Waals surface area contributed by atoms with E-state index in [4.69, 9.17) is 5.73 Å². The molecule has 0 aliphatic heterocycles. The van der Waals surface area contributed by atoms with E-state index in [1.54, 1.807) is 43.3 Å². The van der Waals surface area contributed by atoms with Crippen LogP contribution in [0.1, 0.15) is 24.1 Å². The molecule has 5 heteroatoms. The van der Waals surface area contributed by atoms with Gasteiger partial charge in [-0.1, -0.05) is 29.8 Å². The zero-order valence-corrected chi connectivity index (χ0v) is 12.3. The summed E-state index contributed by atoms with van der Waals surface area (Å²) < 4.78 is 27.2. The van der Waals surface area contributed by atoms with Crippen molar-refractivity contribution in [3.8, 4) is 0 Å². The zero-order valence-electron chi connectivity index (χ0n) is 11.5. The molecule has 4 nitrogen and oxygen atoms in total. The smallest absolute Gasteiger partial charge is 0.241 e. The molecule has 1 atom stereocenters. The lowest BCUT2D eigenvalue weighted by atomic mass is 10.1. The Kier molecular flexibility index (Phi) is 4.11. The van der Waals surface area contributed by atoms with E-state index in [1.165, 1.54) is 0 Å². The monoisotopic (exact) mass is 290 g/mol. The third kappa shape index (κ3) is 3.37. The van der Waals surface area contributed by atoms with Gasteiger partial charge in [0.25, 0.3) is 0 Å². The third-order valence-corrected chi connectivity index (χ3v) is 4.66. The highest BCUT2D eigenvalue weighted by molar-refractivity contribution is 7.89. The summed E-state index contributed by atoms with van der Waals surface area (Å²) in [5.41, 5.74) is 8.17. The number of aryl methyl sites for hydroxylation is 1. The molecular formula is C15H18N2O2S. The maximum absolute atomic E-state index is 12.3. The highest BCUT2D eigenvalue weighted by Crippen LogP contribution is 2.18. The second-order valence-electron chi connectivity index (χ2n) is 4.82. The van der Waals surface area contributed by atoms with Crippen LogP contribution in [-0.2, 0) is 10.0 Å². The average molecular weight is 290 g/mol. The fraction of sp³-hybridized carbons (Fsp3) is 0.200. The first kappa shape index (κ1) is 14.6. The summed E-state index contributed by atoms with van der Waals surface area (Å²) in [4.78, 5) is 0.269. The fourth-order valence-corrected chi connectivity index (χ4v) is 3.10. The van der Waals surface area contributed by atoms with Crippen molar-refractivity contribution in [2.45, 2.75) is 24.8 Å². The average Bonchev–Trinajstić information content (AvgIpc) is 2.39. The van der Waals surface area contributed by atoms with Crippen molar-refractivity contribution in [1.29, 1.82) is 0 Å². The van der Waals surface area contributed by atoms with Gasteiger partial charge in [-0.15, -0.1) is 0 Å². The second-order valence-corrected chi connectivity index (χ2v) is 6.54. The number of nitrogens with two attached hydrogens (primary N) is 1. The van der Waals surface area contributed by atoms with E-state index in [2.05, 4.69) is 4.72 Å². The SMILES string of the molecule is Cc1ccc(S(=O)(=O)NC(C)c2ccc(N)cc2)cc1. The van der Waals surface area contributed by atoms with E-state index >= 15 is 0 Å². The molecule has 0 saturated heterocycles. The lowest BCUT2D eigenvalue weighted by molar-refractivity contribution is 0.567. The number of sulfonamides is 1. The van der Waals surface area contributed by atoms with Gasteiger partial charge < -0.3 is 5.73 Å². The number of anilines is 1. The standard InChI is InChI=1S/C15H18N2O2S/c1-11-3-9-15(10-4-11)20(18,19)17-12(2)13-5-7-14(16)8-6-13/h3-10,12,17H,16H2,1-2H3. The molecule has 2 aromatic rings. The molecule has 0 saturated carbocycles. The minimum Gasteiger partial charge on any atom is -0.399 e. The van der Waals surface area contributed by atoms with Crippen LogP contribution in [0.3, 0.4) is 0 Å². The summed E-state index contributed by atoms with van der Waals surface area (Å²) in [5, 5.41) is 0. The molecule has 0 aromatic heterocycles. The van der Waals surface area contributed by atoms with E-state index in [1.807, 2.05) is 19.1 Å². The molecule has 0 spiro atoms. The predicted octanol–water partition coefficient (Wildman–Crippen LogP) is 2.62. The molecule has 0 amide bonds. The summed E-state index contributed by atoms with van der Waals surface area (Å²) >= 11 is 0. The fourth-order valence-electron chi connectivity index (χ4n) is 1.87. The van der Waals surface area contributed by atoms with Crippen LogP contribution in [0.5, 0.6) is 0 Å². The van der Waals surface area contributed by atoms with Gasteiger partial charge in [0.15, 0.2) is 0 Å². The molecule has 0 aliphatic carbocycles. The van der Waals surface area contributed by atoms with Gasteiger partial charge in [0.05, 0.1) is 4.90 Å². The highest BCUT2D eigenvalue weighted by atomic mass is 32.2. The maximum Gasteiger partial charge on any atom is 0.241 e. The number of hydrogen-bond acceptors (Lipinski definition) is 3. The van der Waals surface area contributed by atoms with Gasteiger partial charge in [0, 0.05) is 11.7 Å². The number of nitrogen functional groups attached to an aromatic ring is 1. The van der Waals surface area contributed by atoms with Crippen LogP contribution in [0.15, 0.2) is 53.4 Å². The number of hydrogen-bond donors (Lipinski definition) is 2. The van der Waals surface area contributed by atoms with E-state index in [0.29, 0.717) is 5.69 Å². The molecule has 0 heterocycles. The number of rotatable bonds is 4. The van der Waals surface area contributed by atoms with Gasteiger partial charge in [-0.05, 0) is 43.7 Å². The van der Waals surface area contributed by atoms with Crippen LogP contribution < -0.4 is 10.5 Å². The van der Waals surface area contributed by atoms with Gasteiger partial charge in [-0.3, -0.25) is 0 Å². The first-order valence-corrected chi connectivity index (χ1v) is 7.81. The molecule has 106 valence electrons. The molecule has 2 aromatic carbocycles. The number of nitrogens with one attached hydrogen (secondary N) is 1. The normalized spacial score (nSPS) is 13.1. The summed E-state index contributed by atoms with van der Waals surface area (Å²) in [7, 11) is -3.52. The molecule has 20 heavy (non-hydrogen) atoms. The summed E-state index contributed by atoms with van der Waals surface area (Å²) in [6.07, 6.45) is 0. The molecule has 3 N–H and O–H groups in total. The molecule has 0 bridgehead atoms. The van der Waals surface area contributed by atoms with E-state index in [-0.39, 0.29) is 10.9 Å². The number of benzene rings is 2. The topological polar surface area (TPSA) is 72.2 Å². The highest BCUT2D eigenvalue weighted by Gasteiger charge is 2.17.